The SMILES string of the molecule is C#CC(NC)C(C)S(C)(=O)=O. The second-order valence-electron chi connectivity index (χ2n) is 2.47. The number of hydrogen-bond donors (Lipinski definition) is 1. The van der Waals surface area contributed by atoms with Crippen molar-refractivity contribution >= 4 is 9.84 Å². The van der Waals surface area contributed by atoms with Gasteiger partial charge in [0.15, 0.2) is 9.84 Å². The first kappa shape index (κ1) is 10.5. The summed E-state index contributed by atoms with van der Waals surface area (Å²) in [5.41, 5.74) is 0. The Hall–Kier alpha value is -0.530. The minimum atomic E-state index is -3.03. The summed E-state index contributed by atoms with van der Waals surface area (Å²) in [4.78, 5) is 0. The van der Waals surface area contributed by atoms with Gasteiger partial charge in [0, 0.05) is 6.26 Å². The Kier molecular flexibility index (Phi) is 3.56. The molecule has 0 saturated heterocycles. The van der Waals surface area contributed by atoms with Gasteiger partial charge in [-0.3, -0.25) is 0 Å². The first-order valence-corrected chi connectivity index (χ1v) is 5.21. The Bertz CT molecular complexity index is 250. The lowest BCUT2D eigenvalue weighted by atomic mass is 10.2. The van der Waals surface area contributed by atoms with Crippen LogP contribution in [-0.4, -0.2) is 33.0 Å². The maximum atomic E-state index is 11.0. The van der Waals surface area contributed by atoms with E-state index >= 15 is 0 Å². The van der Waals surface area contributed by atoms with Gasteiger partial charge in [0.05, 0.1) is 11.3 Å². The third-order valence-corrected chi connectivity index (χ3v) is 3.26. The van der Waals surface area contributed by atoms with E-state index in [9.17, 15) is 8.42 Å². The van der Waals surface area contributed by atoms with Gasteiger partial charge in [0.25, 0.3) is 0 Å². The standard InChI is InChI=1S/C7H13NO2S/c1-5-7(8-3)6(2)11(4,9)10/h1,6-8H,2-4H3. The molecule has 0 aromatic heterocycles. The van der Waals surface area contributed by atoms with Crippen molar-refractivity contribution < 1.29 is 8.42 Å². The van der Waals surface area contributed by atoms with Crippen LogP contribution in [0.1, 0.15) is 6.92 Å². The van der Waals surface area contributed by atoms with Gasteiger partial charge < -0.3 is 5.32 Å². The predicted octanol–water partition coefficient (Wildman–Crippen LogP) is -0.359. The third-order valence-electron chi connectivity index (χ3n) is 1.64. The van der Waals surface area contributed by atoms with Crippen molar-refractivity contribution in [2.75, 3.05) is 13.3 Å². The molecule has 0 saturated carbocycles. The molecule has 0 aromatic rings. The summed E-state index contributed by atoms with van der Waals surface area (Å²) in [6.45, 7) is 1.59. The molecule has 64 valence electrons. The molecular weight excluding hydrogens is 162 g/mol. The van der Waals surface area contributed by atoms with Crippen LogP contribution in [0, 0.1) is 12.3 Å². The van der Waals surface area contributed by atoms with Crippen molar-refractivity contribution in [3.8, 4) is 12.3 Å². The fourth-order valence-electron chi connectivity index (χ4n) is 0.701. The monoisotopic (exact) mass is 175 g/mol. The lowest BCUT2D eigenvalue weighted by Crippen LogP contribution is -2.39. The van der Waals surface area contributed by atoms with E-state index in [1.54, 1.807) is 14.0 Å². The van der Waals surface area contributed by atoms with Crippen LogP contribution < -0.4 is 5.32 Å². The van der Waals surface area contributed by atoms with Crippen LogP contribution in [-0.2, 0) is 9.84 Å². The van der Waals surface area contributed by atoms with Crippen LogP contribution in [0.4, 0.5) is 0 Å². The van der Waals surface area contributed by atoms with Crippen LogP contribution in [0.25, 0.3) is 0 Å². The van der Waals surface area contributed by atoms with Crippen LogP contribution in [0.3, 0.4) is 0 Å². The first-order valence-electron chi connectivity index (χ1n) is 3.25. The molecule has 0 aliphatic carbocycles. The zero-order chi connectivity index (χ0) is 9.07. The maximum absolute atomic E-state index is 11.0. The molecule has 0 spiro atoms. The second kappa shape index (κ2) is 3.74. The molecule has 1 N–H and O–H groups in total. The number of terminal acetylenes is 1. The summed E-state index contributed by atoms with van der Waals surface area (Å²) in [5, 5.41) is 2.21. The highest BCUT2D eigenvalue weighted by molar-refractivity contribution is 7.91. The summed E-state index contributed by atoms with van der Waals surface area (Å²) in [7, 11) is -1.39. The molecule has 0 fully saturated rings. The Morgan fingerprint density at radius 1 is 1.55 bits per heavy atom. The molecular formula is C7H13NO2S. The molecule has 0 radical (unpaired) electrons. The fraction of sp³-hybridized carbons (Fsp3) is 0.714. The average molecular weight is 175 g/mol. The number of nitrogens with one attached hydrogen (secondary N) is 1. The van der Waals surface area contributed by atoms with E-state index in [-0.39, 0.29) is 0 Å². The highest BCUT2D eigenvalue weighted by atomic mass is 32.2. The van der Waals surface area contributed by atoms with Gasteiger partial charge in [-0.15, -0.1) is 6.42 Å². The van der Waals surface area contributed by atoms with Crippen LogP contribution in [0.5, 0.6) is 0 Å². The molecule has 0 bridgehead atoms. The fourth-order valence-corrected chi connectivity index (χ4v) is 1.41. The Labute approximate surface area is 68.1 Å². The maximum Gasteiger partial charge on any atom is 0.152 e. The van der Waals surface area contributed by atoms with E-state index in [0.717, 1.165) is 0 Å². The summed E-state index contributed by atoms with van der Waals surface area (Å²) in [6, 6.07) is -0.398. The third kappa shape index (κ3) is 2.91. The zero-order valence-electron chi connectivity index (χ0n) is 6.96. The second-order valence-corrected chi connectivity index (χ2v) is 4.87. The van der Waals surface area contributed by atoms with E-state index in [2.05, 4.69) is 11.2 Å². The van der Waals surface area contributed by atoms with Gasteiger partial charge in [-0.25, -0.2) is 8.42 Å². The summed E-state index contributed by atoms with van der Waals surface area (Å²) >= 11 is 0. The molecule has 3 nitrogen and oxygen atoms in total. The van der Waals surface area contributed by atoms with Crippen molar-refractivity contribution in [2.24, 2.45) is 0 Å². The smallest absolute Gasteiger partial charge is 0.152 e. The topological polar surface area (TPSA) is 46.2 Å². The van der Waals surface area contributed by atoms with Gasteiger partial charge in [-0.1, -0.05) is 5.92 Å². The van der Waals surface area contributed by atoms with Crippen molar-refractivity contribution in [1.29, 1.82) is 0 Å². The van der Waals surface area contributed by atoms with Crippen LogP contribution in [0.15, 0.2) is 0 Å². The Morgan fingerprint density at radius 2 is 2.00 bits per heavy atom. The number of sulfone groups is 1. The van der Waals surface area contributed by atoms with E-state index in [1.807, 2.05) is 0 Å². The van der Waals surface area contributed by atoms with Crippen LogP contribution in [0.2, 0.25) is 0 Å². The lowest BCUT2D eigenvalue weighted by molar-refractivity contribution is 0.568. The molecule has 0 aliphatic heterocycles. The van der Waals surface area contributed by atoms with Gasteiger partial charge in [0.2, 0.25) is 0 Å². The zero-order valence-corrected chi connectivity index (χ0v) is 7.77. The first-order chi connectivity index (χ1) is 4.93. The molecule has 0 amide bonds. The molecule has 0 rings (SSSR count). The summed E-state index contributed by atoms with van der Waals surface area (Å²) < 4.78 is 21.9. The summed E-state index contributed by atoms with van der Waals surface area (Å²) in [5.74, 6) is 2.37. The minimum absolute atomic E-state index is 0.398. The van der Waals surface area contributed by atoms with E-state index in [4.69, 9.17) is 6.42 Å². The van der Waals surface area contributed by atoms with E-state index in [0.29, 0.717) is 0 Å². The van der Waals surface area contributed by atoms with Crippen LogP contribution >= 0.6 is 0 Å². The number of hydrogen-bond acceptors (Lipinski definition) is 3. The Morgan fingerprint density at radius 3 is 2.09 bits per heavy atom. The molecule has 0 heterocycles. The molecule has 4 heteroatoms. The lowest BCUT2D eigenvalue weighted by Gasteiger charge is -2.15. The van der Waals surface area contributed by atoms with Gasteiger partial charge in [0.1, 0.15) is 0 Å². The highest BCUT2D eigenvalue weighted by Crippen LogP contribution is 2.02. The van der Waals surface area contributed by atoms with E-state index in [1.165, 1.54) is 6.26 Å². The van der Waals surface area contributed by atoms with Gasteiger partial charge in [-0.05, 0) is 14.0 Å². The Balaban J connectivity index is 4.50. The highest BCUT2D eigenvalue weighted by Gasteiger charge is 2.22. The minimum Gasteiger partial charge on any atom is -0.306 e. The normalized spacial score (nSPS) is 16.9. The van der Waals surface area contributed by atoms with Gasteiger partial charge in [-0.2, -0.15) is 0 Å². The molecule has 0 aliphatic rings. The van der Waals surface area contributed by atoms with Gasteiger partial charge >= 0.3 is 0 Å². The van der Waals surface area contributed by atoms with Crippen molar-refractivity contribution in [1.82, 2.24) is 5.32 Å². The molecule has 2 unspecified atom stereocenters. The van der Waals surface area contributed by atoms with Crippen molar-refractivity contribution in [2.45, 2.75) is 18.2 Å². The molecule has 11 heavy (non-hydrogen) atoms. The predicted molar refractivity (Wildman–Crippen MR) is 46.0 cm³/mol. The molecule has 0 aromatic carbocycles. The quantitative estimate of drug-likeness (QED) is 0.596. The number of rotatable bonds is 3. The largest absolute Gasteiger partial charge is 0.306 e. The van der Waals surface area contributed by atoms with Crippen molar-refractivity contribution in [3.05, 3.63) is 0 Å². The average Bonchev–Trinajstić information content (AvgIpc) is 1.88. The van der Waals surface area contributed by atoms with E-state index < -0.39 is 21.1 Å². The molecule has 2 atom stereocenters. The summed E-state index contributed by atoms with van der Waals surface area (Å²) in [6.07, 6.45) is 6.28. The van der Waals surface area contributed by atoms with Crippen molar-refractivity contribution in [3.63, 3.8) is 0 Å².